The molecule has 0 amide bonds. The fourth-order valence-electron chi connectivity index (χ4n) is 2.09. The van der Waals surface area contributed by atoms with E-state index in [1.165, 1.54) is 0 Å². The predicted molar refractivity (Wildman–Crippen MR) is 71.2 cm³/mol. The van der Waals surface area contributed by atoms with Gasteiger partial charge in [-0.3, -0.25) is 4.98 Å². The Hall–Kier alpha value is -2.23. The molecule has 0 spiro atoms. The first kappa shape index (κ1) is 10.9. The van der Waals surface area contributed by atoms with Gasteiger partial charge in [0.05, 0.1) is 17.5 Å². The van der Waals surface area contributed by atoms with E-state index in [1.807, 2.05) is 12.1 Å². The zero-order valence-corrected chi connectivity index (χ0v) is 10.4. The van der Waals surface area contributed by atoms with Crippen molar-refractivity contribution in [3.05, 3.63) is 42.6 Å². The monoisotopic (exact) mass is 238 g/mol. The number of imidazole rings is 1. The van der Waals surface area contributed by atoms with Crippen LogP contribution >= 0.6 is 0 Å². The molecule has 0 aromatic carbocycles. The van der Waals surface area contributed by atoms with Crippen LogP contribution in [0.15, 0.2) is 36.9 Å². The number of H-pyrrole nitrogens is 1. The molecule has 4 heteroatoms. The van der Waals surface area contributed by atoms with Crippen LogP contribution < -0.4 is 0 Å². The molecule has 0 saturated heterocycles. The number of hydrogen-bond donors (Lipinski definition) is 1. The van der Waals surface area contributed by atoms with E-state index >= 15 is 0 Å². The van der Waals surface area contributed by atoms with Gasteiger partial charge in [-0.2, -0.15) is 0 Å². The van der Waals surface area contributed by atoms with Gasteiger partial charge in [0.25, 0.3) is 0 Å². The molecule has 3 heterocycles. The summed E-state index contributed by atoms with van der Waals surface area (Å²) >= 11 is 0. The molecule has 0 aliphatic rings. The second kappa shape index (κ2) is 4.22. The molecule has 3 aromatic rings. The molecule has 4 nitrogen and oxygen atoms in total. The van der Waals surface area contributed by atoms with Gasteiger partial charge in [0.15, 0.2) is 5.65 Å². The molecule has 0 saturated carbocycles. The average Bonchev–Trinajstić information content (AvgIpc) is 2.85. The summed E-state index contributed by atoms with van der Waals surface area (Å²) in [6.45, 7) is 4.29. The van der Waals surface area contributed by atoms with Crippen LogP contribution in [-0.4, -0.2) is 19.9 Å². The minimum Gasteiger partial charge on any atom is -0.343 e. The maximum absolute atomic E-state index is 4.65. The lowest BCUT2D eigenvalue weighted by atomic mass is 9.98. The Balaban J connectivity index is 2.28. The fourth-order valence-corrected chi connectivity index (χ4v) is 2.09. The molecule has 0 aliphatic carbocycles. The molecular formula is C14H14N4. The van der Waals surface area contributed by atoms with Crippen molar-refractivity contribution < 1.29 is 0 Å². The lowest BCUT2D eigenvalue weighted by Crippen LogP contribution is -1.97. The molecule has 18 heavy (non-hydrogen) atoms. The van der Waals surface area contributed by atoms with Crippen molar-refractivity contribution >= 4 is 11.2 Å². The molecule has 90 valence electrons. The van der Waals surface area contributed by atoms with Gasteiger partial charge in [-0.1, -0.05) is 13.8 Å². The van der Waals surface area contributed by atoms with E-state index in [-0.39, 0.29) is 0 Å². The summed E-state index contributed by atoms with van der Waals surface area (Å²) in [4.78, 5) is 16.0. The number of pyridine rings is 2. The van der Waals surface area contributed by atoms with Gasteiger partial charge in [-0.05, 0) is 29.7 Å². The third kappa shape index (κ3) is 1.76. The lowest BCUT2D eigenvalue weighted by molar-refractivity contribution is 0.831. The van der Waals surface area contributed by atoms with Gasteiger partial charge < -0.3 is 4.98 Å². The largest absolute Gasteiger partial charge is 0.343 e. The van der Waals surface area contributed by atoms with Gasteiger partial charge in [0.2, 0.25) is 0 Å². The Labute approximate surface area is 105 Å². The van der Waals surface area contributed by atoms with Crippen LogP contribution in [-0.2, 0) is 0 Å². The second-order valence-corrected chi connectivity index (χ2v) is 4.59. The van der Waals surface area contributed by atoms with Gasteiger partial charge in [-0.15, -0.1) is 0 Å². The van der Waals surface area contributed by atoms with Crippen molar-refractivity contribution in [2.45, 2.75) is 19.8 Å². The highest BCUT2D eigenvalue weighted by Crippen LogP contribution is 2.29. The Morgan fingerprint density at radius 1 is 1.17 bits per heavy atom. The maximum atomic E-state index is 4.65. The van der Waals surface area contributed by atoms with Crippen molar-refractivity contribution in [2.24, 2.45) is 0 Å². The van der Waals surface area contributed by atoms with E-state index in [4.69, 9.17) is 0 Å². The highest BCUT2D eigenvalue weighted by Gasteiger charge is 2.13. The predicted octanol–water partition coefficient (Wildman–Crippen LogP) is 3.14. The van der Waals surface area contributed by atoms with Gasteiger partial charge in [0.1, 0.15) is 0 Å². The molecule has 0 atom stereocenters. The van der Waals surface area contributed by atoms with Crippen molar-refractivity contribution in [1.29, 1.82) is 0 Å². The third-order valence-corrected chi connectivity index (χ3v) is 2.98. The van der Waals surface area contributed by atoms with Crippen molar-refractivity contribution in [1.82, 2.24) is 19.9 Å². The normalized spacial score (nSPS) is 11.3. The molecule has 0 aliphatic heterocycles. The molecule has 0 unspecified atom stereocenters. The molecule has 0 radical (unpaired) electrons. The molecular weight excluding hydrogens is 224 g/mol. The van der Waals surface area contributed by atoms with Crippen LogP contribution in [0.1, 0.15) is 25.5 Å². The standard InChI is InChI=1S/C14H14N4/c1-9(2)13-11(10-3-5-15-6-4-10)7-12-14(18-13)17-8-16-12/h3-9H,1-2H3,(H,16,17,18). The van der Waals surface area contributed by atoms with Crippen LogP contribution in [0.2, 0.25) is 0 Å². The number of aromatic nitrogens is 4. The van der Waals surface area contributed by atoms with Crippen LogP contribution in [0.4, 0.5) is 0 Å². The van der Waals surface area contributed by atoms with E-state index in [0.29, 0.717) is 5.92 Å². The number of aromatic amines is 1. The maximum Gasteiger partial charge on any atom is 0.177 e. The lowest BCUT2D eigenvalue weighted by Gasteiger charge is -2.11. The van der Waals surface area contributed by atoms with Gasteiger partial charge in [-0.25, -0.2) is 9.97 Å². The highest BCUT2D eigenvalue weighted by molar-refractivity contribution is 5.79. The summed E-state index contributed by atoms with van der Waals surface area (Å²) < 4.78 is 0. The number of rotatable bonds is 2. The summed E-state index contributed by atoms with van der Waals surface area (Å²) in [5.74, 6) is 0.356. The van der Waals surface area contributed by atoms with Crippen molar-refractivity contribution in [2.75, 3.05) is 0 Å². The molecule has 3 aromatic heterocycles. The minimum absolute atomic E-state index is 0.356. The summed E-state index contributed by atoms with van der Waals surface area (Å²) in [7, 11) is 0. The Bertz CT molecular complexity index is 671. The number of nitrogens with zero attached hydrogens (tertiary/aromatic N) is 3. The number of nitrogens with one attached hydrogen (secondary N) is 1. The topological polar surface area (TPSA) is 54.5 Å². The molecule has 0 bridgehead atoms. The molecule has 1 N–H and O–H groups in total. The molecule has 0 fully saturated rings. The van der Waals surface area contributed by atoms with Gasteiger partial charge in [0, 0.05) is 18.0 Å². The number of fused-ring (bicyclic) bond motifs is 1. The minimum atomic E-state index is 0.356. The van der Waals surface area contributed by atoms with Crippen LogP contribution in [0.3, 0.4) is 0 Å². The summed E-state index contributed by atoms with van der Waals surface area (Å²) in [5, 5.41) is 0. The van der Waals surface area contributed by atoms with E-state index < -0.39 is 0 Å². The zero-order chi connectivity index (χ0) is 12.5. The zero-order valence-electron chi connectivity index (χ0n) is 10.4. The summed E-state index contributed by atoms with van der Waals surface area (Å²) in [6, 6.07) is 6.12. The number of hydrogen-bond acceptors (Lipinski definition) is 3. The summed E-state index contributed by atoms with van der Waals surface area (Å²) in [6.07, 6.45) is 5.28. The fraction of sp³-hybridized carbons (Fsp3) is 0.214. The van der Waals surface area contributed by atoms with Crippen LogP contribution in [0.25, 0.3) is 22.3 Å². The Morgan fingerprint density at radius 3 is 2.67 bits per heavy atom. The van der Waals surface area contributed by atoms with Gasteiger partial charge >= 0.3 is 0 Å². The smallest absolute Gasteiger partial charge is 0.177 e. The van der Waals surface area contributed by atoms with Crippen LogP contribution in [0, 0.1) is 0 Å². The van der Waals surface area contributed by atoms with Crippen molar-refractivity contribution in [3.8, 4) is 11.1 Å². The third-order valence-electron chi connectivity index (χ3n) is 2.98. The quantitative estimate of drug-likeness (QED) is 0.746. The SMILES string of the molecule is CC(C)c1nc2nc[nH]c2cc1-c1ccncc1. The van der Waals surface area contributed by atoms with E-state index in [1.54, 1.807) is 18.7 Å². The second-order valence-electron chi connectivity index (χ2n) is 4.59. The van der Waals surface area contributed by atoms with E-state index in [9.17, 15) is 0 Å². The first-order valence-electron chi connectivity index (χ1n) is 6.00. The molecule has 3 rings (SSSR count). The first-order valence-corrected chi connectivity index (χ1v) is 6.00. The summed E-state index contributed by atoms with van der Waals surface area (Å²) in [5.41, 5.74) is 5.09. The average molecular weight is 238 g/mol. The Kier molecular flexibility index (Phi) is 2.55. The van der Waals surface area contributed by atoms with Crippen molar-refractivity contribution in [3.63, 3.8) is 0 Å². The Morgan fingerprint density at radius 2 is 1.94 bits per heavy atom. The first-order chi connectivity index (χ1) is 8.75. The van der Waals surface area contributed by atoms with E-state index in [2.05, 4.69) is 39.8 Å². The highest BCUT2D eigenvalue weighted by atomic mass is 15.0. The van der Waals surface area contributed by atoms with Crippen LogP contribution in [0.5, 0.6) is 0 Å². The van der Waals surface area contributed by atoms with E-state index in [0.717, 1.165) is 28.0 Å².